The van der Waals surface area contributed by atoms with Crippen molar-refractivity contribution in [3.05, 3.63) is 127 Å². The summed E-state index contributed by atoms with van der Waals surface area (Å²) in [6.07, 6.45) is 0. The fraction of sp³-hybridized carbons (Fsp3) is 0. The number of aromatic nitrogens is 3. The molecular weight excluding hydrogens is 480 g/mol. The molecule has 0 fully saturated rings. The van der Waals surface area contributed by atoms with Gasteiger partial charge in [0, 0.05) is 16.7 Å². The van der Waals surface area contributed by atoms with Crippen LogP contribution in [0.4, 0.5) is 0 Å². The zero-order chi connectivity index (χ0) is 26.2. The number of hydrogen-bond donors (Lipinski definition) is 0. The molecule has 2 heterocycles. The van der Waals surface area contributed by atoms with Gasteiger partial charge in [-0.05, 0) is 65.7 Å². The highest BCUT2D eigenvalue weighted by atomic mass is 16.3. The number of hydrogen-bond acceptors (Lipinski definition) is 5. The summed E-state index contributed by atoms with van der Waals surface area (Å²) in [4.78, 5) is 14.8. The van der Waals surface area contributed by atoms with Crippen LogP contribution in [-0.4, -0.2) is 15.0 Å². The Morgan fingerprint density at radius 1 is 0.487 bits per heavy atom. The van der Waals surface area contributed by atoms with Crippen molar-refractivity contribution >= 4 is 22.1 Å². The zero-order valence-corrected chi connectivity index (χ0v) is 20.7. The van der Waals surface area contributed by atoms with Crippen molar-refractivity contribution in [2.24, 2.45) is 0 Å². The molecule has 2 aromatic heterocycles. The van der Waals surface area contributed by atoms with Crippen LogP contribution in [0.15, 0.2) is 126 Å². The molecule has 0 saturated carbocycles. The van der Waals surface area contributed by atoms with E-state index in [0.29, 0.717) is 11.5 Å². The van der Waals surface area contributed by atoms with Crippen LogP contribution >= 0.6 is 0 Å². The van der Waals surface area contributed by atoms with Gasteiger partial charge in [0.25, 0.3) is 0 Å². The minimum Gasteiger partial charge on any atom is -0.436 e. The molecule has 0 atom stereocenters. The van der Waals surface area contributed by atoms with Gasteiger partial charge in [-0.15, -0.1) is 0 Å². The topological polar surface area (TPSA) is 75.6 Å². The summed E-state index contributed by atoms with van der Waals surface area (Å²) in [7, 11) is 0. The van der Waals surface area contributed by atoms with Crippen LogP contribution in [0.2, 0.25) is 0 Å². The molecule has 0 N–H and O–H groups in total. The Bertz CT molecular complexity index is 2000. The predicted molar refractivity (Wildman–Crippen MR) is 154 cm³/mol. The molecule has 0 aliphatic heterocycles. The molecular formula is C34H20N4O. The third-order valence-electron chi connectivity index (χ3n) is 6.73. The second-order valence-corrected chi connectivity index (χ2v) is 9.25. The highest BCUT2D eigenvalue weighted by Crippen LogP contribution is 2.35. The van der Waals surface area contributed by atoms with E-state index in [1.807, 2.05) is 97.1 Å². The number of rotatable bonds is 4. The summed E-state index contributed by atoms with van der Waals surface area (Å²) in [5.41, 5.74) is 10.3. The highest BCUT2D eigenvalue weighted by Gasteiger charge is 2.16. The maximum Gasteiger partial charge on any atom is 0.227 e. The van der Waals surface area contributed by atoms with Crippen LogP contribution < -0.4 is 0 Å². The average molecular weight is 501 g/mol. The quantitative estimate of drug-likeness (QED) is 0.243. The first kappa shape index (κ1) is 22.6. The van der Waals surface area contributed by atoms with E-state index >= 15 is 0 Å². The monoisotopic (exact) mass is 500 g/mol. The zero-order valence-electron chi connectivity index (χ0n) is 20.7. The van der Waals surface area contributed by atoms with Crippen molar-refractivity contribution in [1.29, 1.82) is 5.26 Å². The largest absolute Gasteiger partial charge is 0.436 e. The Balaban J connectivity index is 1.38. The summed E-state index contributed by atoms with van der Waals surface area (Å²) >= 11 is 0. The molecule has 5 heteroatoms. The van der Waals surface area contributed by atoms with Crippen LogP contribution in [0.5, 0.6) is 0 Å². The maximum atomic E-state index is 9.17. The van der Waals surface area contributed by atoms with Crippen molar-refractivity contribution < 1.29 is 4.42 Å². The molecule has 0 aliphatic rings. The molecule has 0 saturated heterocycles. The lowest BCUT2D eigenvalue weighted by molar-refractivity contribution is 0.620. The van der Waals surface area contributed by atoms with Gasteiger partial charge < -0.3 is 4.42 Å². The Kier molecular flexibility index (Phi) is 5.42. The Morgan fingerprint density at radius 2 is 1.05 bits per heavy atom. The molecule has 182 valence electrons. The Hall–Kier alpha value is -5.60. The summed E-state index contributed by atoms with van der Waals surface area (Å²) in [6, 6.07) is 41.8. The Morgan fingerprint density at radius 3 is 1.69 bits per heavy atom. The smallest absolute Gasteiger partial charge is 0.227 e. The molecule has 5 nitrogen and oxygen atoms in total. The molecule has 7 rings (SSSR count). The third kappa shape index (κ3) is 4.20. The van der Waals surface area contributed by atoms with E-state index in [0.717, 1.165) is 61.3 Å². The number of fused-ring (bicyclic) bond motifs is 2. The van der Waals surface area contributed by atoms with E-state index in [1.165, 1.54) is 0 Å². The molecule has 0 unspecified atom stereocenters. The van der Waals surface area contributed by atoms with Gasteiger partial charge in [-0.3, -0.25) is 0 Å². The molecule has 0 aliphatic carbocycles. The van der Waals surface area contributed by atoms with E-state index in [4.69, 9.17) is 14.4 Å². The summed E-state index contributed by atoms with van der Waals surface area (Å²) in [5, 5.41) is 9.17. The van der Waals surface area contributed by atoms with Crippen LogP contribution in [0.3, 0.4) is 0 Å². The molecule has 5 aromatic carbocycles. The second kappa shape index (κ2) is 9.37. The second-order valence-electron chi connectivity index (χ2n) is 9.25. The highest BCUT2D eigenvalue weighted by molar-refractivity contribution is 5.88. The number of oxazole rings is 1. The molecule has 0 radical (unpaired) electrons. The maximum absolute atomic E-state index is 9.17. The van der Waals surface area contributed by atoms with Gasteiger partial charge in [0.1, 0.15) is 5.52 Å². The summed E-state index contributed by atoms with van der Waals surface area (Å²) in [5.74, 6) is 0.566. The van der Waals surface area contributed by atoms with Crippen molar-refractivity contribution in [2.75, 3.05) is 0 Å². The summed E-state index contributed by atoms with van der Waals surface area (Å²) in [6.45, 7) is 0. The van der Waals surface area contributed by atoms with Crippen molar-refractivity contribution in [3.8, 4) is 51.2 Å². The molecule has 39 heavy (non-hydrogen) atoms. The van der Waals surface area contributed by atoms with Gasteiger partial charge >= 0.3 is 0 Å². The van der Waals surface area contributed by atoms with E-state index in [-0.39, 0.29) is 0 Å². The minimum absolute atomic E-state index is 0.566. The van der Waals surface area contributed by atoms with E-state index in [9.17, 15) is 5.26 Å². The predicted octanol–water partition coefficient (Wildman–Crippen LogP) is 8.31. The first-order chi connectivity index (χ1) is 19.2. The molecule has 0 spiro atoms. The van der Waals surface area contributed by atoms with Gasteiger partial charge in [-0.1, -0.05) is 66.7 Å². The van der Waals surface area contributed by atoms with Crippen LogP contribution in [0, 0.1) is 11.3 Å². The van der Waals surface area contributed by atoms with Crippen molar-refractivity contribution in [1.82, 2.24) is 15.0 Å². The van der Waals surface area contributed by atoms with E-state index < -0.39 is 0 Å². The standard InChI is InChI=1S/C34H20N4O/c35-21-22-15-17-23(18-16-22)24-7-5-8-25(19-24)32-33(37-29-12-2-1-11-28(29)36-32)26-9-6-10-27(20-26)34-38-30-13-3-4-14-31(30)39-34/h1-20H. The van der Waals surface area contributed by atoms with E-state index in [2.05, 4.69) is 35.3 Å². The fourth-order valence-corrected chi connectivity index (χ4v) is 4.78. The number of benzene rings is 5. The first-order valence-corrected chi connectivity index (χ1v) is 12.6. The number of para-hydroxylation sites is 4. The van der Waals surface area contributed by atoms with Crippen LogP contribution in [-0.2, 0) is 0 Å². The molecule has 0 bridgehead atoms. The van der Waals surface area contributed by atoms with E-state index in [1.54, 1.807) is 0 Å². The SMILES string of the molecule is N#Cc1ccc(-c2cccc(-c3nc4ccccc4nc3-c3cccc(-c4nc5ccccc5o4)c3)c2)cc1. The minimum atomic E-state index is 0.566. The molecule has 7 aromatic rings. The third-order valence-corrected chi connectivity index (χ3v) is 6.73. The number of nitriles is 1. The van der Waals surface area contributed by atoms with Crippen molar-refractivity contribution in [2.45, 2.75) is 0 Å². The summed E-state index contributed by atoms with van der Waals surface area (Å²) < 4.78 is 6.04. The van der Waals surface area contributed by atoms with Crippen LogP contribution in [0.1, 0.15) is 5.56 Å². The number of nitrogens with zero attached hydrogens (tertiary/aromatic N) is 4. The lowest BCUT2D eigenvalue weighted by atomic mass is 9.97. The van der Waals surface area contributed by atoms with Gasteiger partial charge in [0.2, 0.25) is 5.89 Å². The van der Waals surface area contributed by atoms with Gasteiger partial charge in [-0.25, -0.2) is 15.0 Å². The lowest BCUT2D eigenvalue weighted by Gasteiger charge is -2.12. The van der Waals surface area contributed by atoms with Crippen LogP contribution in [0.25, 0.3) is 67.2 Å². The lowest BCUT2D eigenvalue weighted by Crippen LogP contribution is -1.96. The Labute approximate surface area is 224 Å². The fourth-order valence-electron chi connectivity index (χ4n) is 4.78. The first-order valence-electron chi connectivity index (χ1n) is 12.6. The van der Waals surface area contributed by atoms with Gasteiger partial charge in [-0.2, -0.15) is 5.26 Å². The normalized spacial score (nSPS) is 11.1. The van der Waals surface area contributed by atoms with Gasteiger partial charge in [0.05, 0.1) is 34.1 Å². The molecule has 0 amide bonds. The average Bonchev–Trinajstić information content (AvgIpc) is 3.45. The van der Waals surface area contributed by atoms with Gasteiger partial charge in [0.15, 0.2) is 5.58 Å². The van der Waals surface area contributed by atoms with Crippen molar-refractivity contribution in [3.63, 3.8) is 0 Å².